The van der Waals surface area contributed by atoms with Crippen molar-refractivity contribution in [3.63, 3.8) is 0 Å². The first-order chi connectivity index (χ1) is 14.9. The second-order valence-electron chi connectivity index (χ2n) is 7.10. The fourth-order valence-electron chi connectivity index (χ4n) is 3.20. The Morgan fingerprint density at radius 1 is 1.16 bits per heavy atom. The predicted molar refractivity (Wildman–Crippen MR) is 116 cm³/mol. The number of benzene rings is 2. The number of non-ortho nitro benzene ring substituents is 1. The highest BCUT2D eigenvalue weighted by Gasteiger charge is 2.31. The predicted octanol–water partition coefficient (Wildman–Crippen LogP) is 4.04. The second-order valence-corrected chi connectivity index (χ2v) is 7.10. The summed E-state index contributed by atoms with van der Waals surface area (Å²) >= 11 is 0. The quantitative estimate of drug-likeness (QED) is 0.335. The zero-order chi connectivity index (χ0) is 22.4. The van der Waals surface area contributed by atoms with E-state index >= 15 is 0 Å². The Morgan fingerprint density at radius 2 is 1.84 bits per heavy atom. The van der Waals surface area contributed by atoms with Crippen LogP contribution >= 0.6 is 0 Å². The highest BCUT2D eigenvalue weighted by molar-refractivity contribution is 6.06. The molecule has 1 aliphatic heterocycles. The van der Waals surface area contributed by atoms with Gasteiger partial charge in [0.15, 0.2) is 0 Å². The van der Waals surface area contributed by atoms with Crippen molar-refractivity contribution in [2.75, 3.05) is 11.9 Å². The van der Waals surface area contributed by atoms with Crippen molar-refractivity contribution in [1.29, 1.82) is 0 Å². The number of nitrogens with one attached hydrogen (secondary N) is 3. The van der Waals surface area contributed by atoms with Crippen LogP contribution in [-0.2, 0) is 4.79 Å². The fraction of sp³-hybridized carbons (Fsp3) is 0.273. The third-order valence-corrected chi connectivity index (χ3v) is 4.83. The van der Waals surface area contributed by atoms with Crippen molar-refractivity contribution in [2.45, 2.75) is 32.7 Å². The van der Waals surface area contributed by atoms with Crippen LogP contribution in [0.25, 0.3) is 0 Å². The number of nitro groups is 1. The summed E-state index contributed by atoms with van der Waals surface area (Å²) in [7, 11) is 0. The van der Waals surface area contributed by atoms with E-state index in [2.05, 4.69) is 22.9 Å². The van der Waals surface area contributed by atoms with E-state index in [0.717, 1.165) is 24.2 Å². The van der Waals surface area contributed by atoms with Gasteiger partial charge in [0.25, 0.3) is 11.6 Å². The molecule has 2 aromatic carbocycles. The summed E-state index contributed by atoms with van der Waals surface area (Å²) in [4.78, 5) is 35.4. The van der Waals surface area contributed by atoms with Gasteiger partial charge in [-0.25, -0.2) is 4.79 Å². The van der Waals surface area contributed by atoms with Crippen LogP contribution < -0.4 is 20.7 Å². The molecular formula is C22H24N4O5. The summed E-state index contributed by atoms with van der Waals surface area (Å²) < 4.78 is 5.67. The lowest BCUT2D eigenvalue weighted by molar-refractivity contribution is -0.384. The molecule has 2 aromatic rings. The Labute approximate surface area is 179 Å². The standard InChI is InChI=1S/C22H24N4O5/c1-3-4-13-31-18-11-5-15(6-12-18)20-19(14(2)23-22(28)25-20)21(27)24-16-7-9-17(10-8-16)26(29)30/h5-12,20H,3-4,13H2,1-2H3,(H,24,27)(H2,23,25,28)/t20-/m0/s1. The van der Waals surface area contributed by atoms with Crippen LogP contribution in [0.5, 0.6) is 5.75 Å². The van der Waals surface area contributed by atoms with Crippen LogP contribution in [0.2, 0.25) is 0 Å². The third-order valence-electron chi connectivity index (χ3n) is 4.83. The zero-order valence-corrected chi connectivity index (χ0v) is 17.3. The van der Waals surface area contributed by atoms with E-state index in [1.54, 1.807) is 19.1 Å². The monoisotopic (exact) mass is 424 g/mol. The molecule has 0 saturated heterocycles. The Morgan fingerprint density at radius 3 is 2.45 bits per heavy atom. The highest BCUT2D eigenvalue weighted by atomic mass is 16.6. The number of nitrogens with zero attached hydrogens (tertiary/aromatic N) is 1. The number of anilines is 1. The van der Waals surface area contributed by atoms with E-state index in [0.29, 0.717) is 23.6 Å². The SMILES string of the molecule is CCCCOc1ccc([C@@H]2NC(=O)NC(C)=C2C(=O)Nc2ccc([N+](=O)[O-])cc2)cc1. The molecule has 3 rings (SSSR count). The summed E-state index contributed by atoms with van der Waals surface area (Å²) in [6, 6.07) is 11.7. The fourth-order valence-corrected chi connectivity index (χ4v) is 3.20. The van der Waals surface area contributed by atoms with Crippen LogP contribution in [0.3, 0.4) is 0 Å². The Balaban J connectivity index is 1.80. The van der Waals surface area contributed by atoms with Crippen LogP contribution in [0.4, 0.5) is 16.2 Å². The molecule has 9 nitrogen and oxygen atoms in total. The average molecular weight is 424 g/mol. The van der Waals surface area contributed by atoms with Gasteiger partial charge in [-0.15, -0.1) is 0 Å². The Bertz CT molecular complexity index is 1000. The molecule has 0 aliphatic carbocycles. The molecule has 9 heteroatoms. The Hall–Kier alpha value is -3.88. The van der Waals surface area contributed by atoms with E-state index in [4.69, 9.17) is 4.74 Å². The molecule has 31 heavy (non-hydrogen) atoms. The van der Waals surface area contributed by atoms with Gasteiger partial charge in [0, 0.05) is 23.5 Å². The minimum absolute atomic E-state index is 0.0703. The maximum Gasteiger partial charge on any atom is 0.319 e. The largest absolute Gasteiger partial charge is 0.494 e. The third kappa shape index (κ3) is 5.39. The van der Waals surface area contributed by atoms with E-state index in [1.165, 1.54) is 24.3 Å². The normalized spacial score (nSPS) is 15.7. The highest BCUT2D eigenvalue weighted by Crippen LogP contribution is 2.29. The smallest absolute Gasteiger partial charge is 0.319 e. The summed E-state index contributed by atoms with van der Waals surface area (Å²) in [5.41, 5.74) is 1.84. The maximum atomic E-state index is 13.0. The lowest BCUT2D eigenvalue weighted by Crippen LogP contribution is -2.45. The van der Waals surface area contributed by atoms with Crippen molar-refractivity contribution in [1.82, 2.24) is 10.6 Å². The van der Waals surface area contributed by atoms with E-state index < -0.39 is 22.9 Å². The first-order valence-corrected chi connectivity index (χ1v) is 9.96. The number of allylic oxidation sites excluding steroid dienone is 1. The number of rotatable bonds is 8. The van der Waals surface area contributed by atoms with Gasteiger partial charge in [-0.1, -0.05) is 25.5 Å². The molecule has 3 N–H and O–H groups in total. The van der Waals surface area contributed by atoms with E-state index in [9.17, 15) is 19.7 Å². The zero-order valence-electron chi connectivity index (χ0n) is 17.3. The molecule has 0 fully saturated rings. The Kier molecular flexibility index (Phi) is 6.86. The topological polar surface area (TPSA) is 123 Å². The summed E-state index contributed by atoms with van der Waals surface area (Å²) in [5, 5.41) is 18.9. The van der Waals surface area contributed by atoms with E-state index in [-0.39, 0.29) is 5.69 Å². The number of carbonyl (C=O) groups excluding carboxylic acids is 2. The van der Waals surface area contributed by atoms with Crippen molar-refractivity contribution >= 4 is 23.3 Å². The molecule has 0 bridgehead atoms. The average Bonchev–Trinajstić information content (AvgIpc) is 2.74. The summed E-state index contributed by atoms with van der Waals surface area (Å²) in [6.45, 7) is 4.37. The van der Waals surface area contributed by atoms with Crippen molar-refractivity contribution in [3.8, 4) is 5.75 Å². The number of hydrogen-bond acceptors (Lipinski definition) is 5. The molecule has 3 amide bonds. The van der Waals surface area contributed by atoms with Gasteiger partial charge in [-0.3, -0.25) is 14.9 Å². The number of ether oxygens (including phenoxy) is 1. The first kappa shape index (κ1) is 21.8. The van der Waals surface area contributed by atoms with Gasteiger partial charge in [-0.2, -0.15) is 0 Å². The second kappa shape index (κ2) is 9.75. The lowest BCUT2D eigenvalue weighted by atomic mass is 9.94. The number of amides is 3. The molecule has 0 aromatic heterocycles. The minimum Gasteiger partial charge on any atom is -0.494 e. The molecule has 0 radical (unpaired) electrons. The maximum absolute atomic E-state index is 13.0. The van der Waals surface area contributed by atoms with Crippen LogP contribution in [-0.4, -0.2) is 23.5 Å². The molecule has 0 saturated carbocycles. The van der Waals surface area contributed by atoms with Gasteiger partial charge in [-0.05, 0) is 43.2 Å². The molecule has 1 aliphatic rings. The van der Waals surface area contributed by atoms with Crippen LogP contribution in [0, 0.1) is 10.1 Å². The molecule has 162 valence electrons. The van der Waals surface area contributed by atoms with Crippen LogP contribution in [0.15, 0.2) is 59.8 Å². The van der Waals surface area contributed by atoms with Crippen molar-refractivity contribution in [2.24, 2.45) is 0 Å². The van der Waals surface area contributed by atoms with E-state index in [1.807, 2.05) is 12.1 Å². The number of carbonyl (C=O) groups is 2. The molecule has 1 heterocycles. The number of urea groups is 1. The van der Waals surface area contributed by atoms with Crippen LogP contribution in [0.1, 0.15) is 38.3 Å². The van der Waals surface area contributed by atoms with Crippen molar-refractivity contribution < 1.29 is 19.2 Å². The van der Waals surface area contributed by atoms with Gasteiger partial charge in [0.1, 0.15) is 5.75 Å². The molecular weight excluding hydrogens is 400 g/mol. The minimum atomic E-state index is -0.656. The number of unbranched alkanes of at least 4 members (excludes halogenated alkanes) is 1. The van der Waals surface area contributed by atoms with Gasteiger partial charge in [0.2, 0.25) is 0 Å². The molecule has 0 unspecified atom stereocenters. The number of nitro benzene ring substituents is 1. The van der Waals surface area contributed by atoms with Crippen molar-refractivity contribution in [3.05, 3.63) is 75.5 Å². The summed E-state index contributed by atoms with van der Waals surface area (Å²) in [6.07, 6.45) is 2.00. The number of hydrogen-bond donors (Lipinski definition) is 3. The lowest BCUT2D eigenvalue weighted by Gasteiger charge is -2.28. The van der Waals surface area contributed by atoms with Gasteiger partial charge in [0.05, 0.1) is 23.1 Å². The van der Waals surface area contributed by atoms with Gasteiger partial charge >= 0.3 is 6.03 Å². The van der Waals surface area contributed by atoms with Gasteiger partial charge < -0.3 is 20.7 Å². The summed E-state index contributed by atoms with van der Waals surface area (Å²) in [5.74, 6) is 0.294. The first-order valence-electron chi connectivity index (χ1n) is 9.96. The molecule has 0 spiro atoms. The molecule has 1 atom stereocenters.